The molecule has 1 saturated carbocycles. The van der Waals surface area contributed by atoms with E-state index in [4.69, 9.17) is 0 Å². The fraction of sp³-hybridized carbons (Fsp3) is 0.667. The normalized spacial score (nSPS) is 15.6. The lowest BCUT2D eigenvalue weighted by atomic mass is 10.4. The van der Waals surface area contributed by atoms with Crippen LogP contribution in [0.3, 0.4) is 0 Å². The third-order valence-electron chi connectivity index (χ3n) is 2.36. The molecule has 5 heteroatoms. The van der Waals surface area contributed by atoms with Crippen molar-refractivity contribution < 1.29 is 4.79 Å². The topological polar surface area (TPSA) is 61.9 Å². The van der Waals surface area contributed by atoms with E-state index < -0.39 is 0 Å². The molecule has 76 valence electrons. The van der Waals surface area contributed by atoms with Gasteiger partial charge >= 0.3 is 0 Å². The van der Waals surface area contributed by atoms with Gasteiger partial charge in [-0.05, 0) is 25.7 Å². The summed E-state index contributed by atoms with van der Waals surface area (Å²) in [6.45, 7) is 2.61. The Morgan fingerprint density at radius 3 is 2.86 bits per heavy atom. The van der Waals surface area contributed by atoms with Gasteiger partial charge in [-0.2, -0.15) is 0 Å². The van der Waals surface area contributed by atoms with Crippen LogP contribution >= 0.6 is 0 Å². The summed E-state index contributed by atoms with van der Waals surface area (Å²) in [6.07, 6.45) is 2.48. The number of nitrogens with one attached hydrogen (secondary N) is 1. The first kappa shape index (κ1) is 9.18. The minimum atomic E-state index is -0.0961. The van der Waals surface area contributed by atoms with Crippen LogP contribution in [0.5, 0.6) is 0 Å². The number of H-pyrrole nitrogens is 1. The van der Waals surface area contributed by atoms with E-state index in [0.29, 0.717) is 11.7 Å². The predicted molar refractivity (Wildman–Crippen MR) is 50.8 cm³/mol. The van der Waals surface area contributed by atoms with Gasteiger partial charge < -0.3 is 4.90 Å². The number of rotatable bonds is 3. The molecule has 0 aromatic carbocycles. The Balaban J connectivity index is 1.99. The first-order valence-electron chi connectivity index (χ1n) is 4.81. The van der Waals surface area contributed by atoms with Crippen LogP contribution in [0, 0.1) is 12.8 Å². The molecule has 1 N–H and O–H groups in total. The number of aryl methyl sites for hydroxylation is 1. The van der Waals surface area contributed by atoms with Gasteiger partial charge in [0.25, 0.3) is 5.91 Å². The molecule has 14 heavy (non-hydrogen) atoms. The molecule has 1 heterocycles. The average Bonchev–Trinajstić information content (AvgIpc) is 2.85. The molecule has 5 nitrogen and oxygen atoms in total. The standard InChI is InChI=1S/C9H14N4O/c1-6-10-8(12-11-6)9(14)13(2)5-7-3-4-7/h7H,3-5H2,1-2H3,(H,10,11,12). The van der Waals surface area contributed by atoms with E-state index in [1.807, 2.05) is 0 Å². The van der Waals surface area contributed by atoms with Crippen molar-refractivity contribution in [3.8, 4) is 0 Å². The van der Waals surface area contributed by atoms with E-state index in [2.05, 4.69) is 15.2 Å². The summed E-state index contributed by atoms with van der Waals surface area (Å²) in [5.41, 5.74) is 0. The highest BCUT2D eigenvalue weighted by Crippen LogP contribution is 2.29. The van der Waals surface area contributed by atoms with E-state index in [1.54, 1.807) is 18.9 Å². The van der Waals surface area contributed by atoms with Gasteiger partial charge in [-0.25, -0.2) is 4.98 Å². The Morgan fingerprint density at radius 1 is 1.64 bits per heavy atom. The highest BCUT2D eigenvalue weighted by atomic mass is 16.2. The summed E-state index contributed by atoms with van der Waals surface area (Å²) in [4.78, 5) is 17.4. The molecule has 2 rings (SSSR count). The Labute approximate surface area is 82.5 Å². The molecular formula is C9H14N4O. The quantitative estimate of drug-likeness (QED) is 0.766. The lowest BCUT2D eigenvalue weighted by molar-refractivity contribution is 0.0777. The average molecular weight is 194 g/mol. The van der Waals surface area contributed by atoms with E-state index in [9.17, 15) is 4.79 Å². The molecular weight excluding hydrogens is 180 g/mol. The van der Waals surface area contributed by atoms with Gasteiger partial charge in [0.05, 0.1) is 0 Å². The first-order valence-corrected chi connectivity index (χ1v) is 4.81. The van der Waals surface area contributed by atoms with E-state index >= 15 is 0 Å². The minimum absolute atomic E-state index is 0.0961. The van der Waals surface area contributed by atoms with Crippen molar-refractivity contribution in [1.29, 1.82) is 0 Å². The van der Waals surface area contributed by atoms with Crippen LogP contribution in [-0.2, 0) is 0 Å². The van der Waals surface area contributed by atoms with Crippen molar-refractivity contribution in [2.45, 2.75) is 19.8 Å². The molecule has 1 aromatic heterocycles. The maximum absolute atomic E-state index is 11.7. The second kappa shape index (κ2) is 3.40. The molecule has 0 unspecified atom stereocenters. The van der Waals surface area contributed by atoms with Crippen molar-refractivity contribution in [2.75, 3.05) is 13.6 Å². The second-order valence-electron chi connectivity index (χ2n) is 3.87. The van der Waals surface area contributed by atoms with Crippen molar-refractivity contribution >= 4 is 5.91 Å². The lowest BCUT2D eigenvalue weighted by Crippen LogP contribution is -2.29. The van der Waals surface area contributed by atoms with Crippen LogP contribution in [-0.4, -0.2) is 39.6 Å². The Hall–Kier alpha value is -1.39. The fourth-order valence-electron chi connectivity index (χ4n) is 1.38. The summed E-state index contributed by atoms with van der Waals surface area (Å²) in [5, 5.41) is 6.50. The lowest BCUT2D eigenvalue weighted by Gasteiger charge is -2.13. The van der Waals surface area contributed by atoms with Crippen LogP contribution in [0.15, 0.2) is 0 Å². The molecule has 1 aromatic rings. The Kier molecular flexibility index (Phi) is 2.23. The van der Waals surface area contributed by atoms with Crippen LogP contribution < -0.4 is 0 Å². The van der Waals surface area contributed by atoms with Gasteiger partial charge in [0.2, 0.25) is 5.82 Å². The third kappa shape index (κ3) is 1.92. The van der Waals surface area contributed by atoms with Gasteiger partial charge in [0.1, 0.15) is 5.82 Å². The van der Waals surface area contributed by atoms with Gasteiger partial charge in [0.15, 0.2) is 0 Å². The number of aromatic nitrogens is 3. The number of aromatic amines is 1. The largest absolute Gasteiger partial charge is 0.339 e. The summed E-state index contributed by atoms with van der Waals surface area (Å²) >= 11 is 0. The number of hydrogen-bond donors (Lipinski definition) is 1. The van der Waals surface area contributed by atoms with Gasteiger partial charge in [0, 0.05) is 13.6 Å². The van der Waals surface area contributed by atoms with Crippen molar-refractivity contribution in [2.24, 2.45) is 5.92 Å². The molecule has 1 aliphatic carbocycles. The van der Waals surface area contributed by atoms with E-state index in [-0.39, 0.29) is 11.7 Å². The molecule has 1 fully saturated rings. The molecule has 0 saturated heterocycles. The summed E-state index contributed by atoms with van der Waals surface area (Å²) < 4.78 is 0. The number of amides is 1. The zero-order chi connectivity index (χ0) is 10.1. The van der Waals surface area contributed by atoms with Crippen molar-refractivity contribution in [3.05, 3.63) is 11.6 Å². The number of nitrogens with zero attached hydrogens (tertiary/aromatic N) is 3. The van der Waals surface area contributed by atoms with Crippen LogP contribution in [0.1, 0.15) is 29.3 Å². The zero-order valence-electron chi connectivity index (χ0n) is 8.45. The predicted octanol–water partition coefficient (Wildman–Crippen LogP) is 0.595. The third-order valence-corrected chi connectivity index (χ3v) is 2.36. The number of hydrogen-bond acceptors (Lipinski definition) is 3. The van der Waals surface area contributed by atoms with E-state index in [0.717, 1.165) is 6.54 Å². The van der Waals surface area contributed by atoms with Gasteiger partial charge in [-0.3, -0.25) is 9.89 Å². The summed E-state index contributed by atoms with van der Waals surface area (Å²) in [7, 11) is 1.80. The molecule has 0 radical (unpaired) electrons. The van der Waals surface area contributed by atoms with E-state index in [1.165, 1.54) is 12.8 Å². The highest BCUT2D eigenvalue weighted by Gasteiger charge is 2.26. The zero-order valence-corrected chi connectivity index (χ0v) is 8.45. The summed E-state index contributed by atoms with van der Waals surface area (Å²) in [6, 6.07) is 0. The minimum Gasteiger partial charge on any atom is -0.339 e. The monoisotopic (exact) mass is 194 g/mol. The number of carbonyl (C=O) groups excluding carboxylic acids is 1. The SMILES string of the molecule is Cc1nc(C(=O)N(C)CC2CC2)n[nH]1. The maximum atomic E-state index is 11.7. The first-order chi connectivity index (χ1) is 6.66. The van der Waals surface area contributed by atoms with Crippen LogP contribution in [0.2, 0.25) is 0 Å². The van der Waals surface area contributed by atoms with Gasteiger partial charge in [-0.1, -0.05) is 0 Å². The summed E-state index contributed by atoms with van der Waals surface area (Å²) in [5.74, 6) is 1.55. The molecule has 1 aliphatic rings. The highest BCUT2D eigenvalue weighted by molar-refractivity contribution is 5.90. The number of carbonyl (C=O) groups is 1. The molecule has 0 aliphatic heterocycles. The molecule has 1 amide bonds. The second-order valence-corrected chi connectivity index (χ2v) is 3.87. The van der Waals surface area contributed by atoms with Crippen molar-refractivity contribution in [3.63, 3.8) is 0 Å². The Bertz CT molecular complexity index is 342. The van der Waals surface area contributed by atoms with Crippen LogP contribution in [0.25, 0.3) is 0 Å². The fourth-order valence-corrected chi connectivity index (χ4v) is 1.38. The molecule has 0 atom stereocenters. The van der Waals surface area contributed by atoms with Gasteiger partial charge in [-0.15, -0.1) is 5.10 Å². The van der Waals surface area contributed by atoms with Crippen LogP contribution in [0.4, 0.5) is 0 Å². The molecule has 0 spiro atoms. The Morgan fingerprint density at radius 2 is 2.36 bits per heavy atom. The van der Waals surface area contributed by atoms with Crippen molar-refractivity contribution in [1.82, 2.24) is 20.1 Å². The smallest absolute Gasteiger partial charge is 0.293 e. The maximum Gasteiger partial charge on any atom is 0.293 e. The molecule has 0 bridgehead atoms.